The Morgan fingerprint density at radius 3 is 1.51 bits per heavy atom. The van der Waals surface area contributed by atoms with Crippen molar-refractivity contribution >= 4 is 46.7 Å². The van der Waals surface area contributed by atoms with Crippen LogP contribution in [0, 0.1) is 0 Å². The smallest absolute Gasteiger partial charge is 0.337 e. The van der Waals surface area contributed by atoms with E-state index >= 15 is 0 Å². The molecule has 1 aliphatic heterocycles. The lowest BCUT2D eigenvalue weighted by Crippen LogP contribution is -2.31. The molecule has 4 amide bonds. The molecule has 0 atom stereocenters. The molecule has 0 spiro atoms. The average molecular weight is 682 g/mol. The third-order valence-corrected chi connectivity index (χ3v) is 8.00. The van der Waals surface area contributed by atoms with Gasteiger partial charge in [0, 0.05) is 51.8 Å². The van der Waals surface area contributed by atoms with Gasteiger partial charge in [-0.2, -0.15) is 0 Å². The van der Waals surface area contributed by atoms with Gasteiger partial charge in [0.1, 0.15) is 23.0 Å². The topological polar surface area (TPSA) is 140 Å². The van der Waals surface area contributed by atoms with Crippen LogP contribution in [0.4, 0.5) is 17.1 Å². The zero-order valence-corrected chi connectivity index (χ0v) is 27.8. The van der Waals surface area contributed by atoms with Crippen molar-refractivity contribution < 1.29 is 38.2 Å². The fourth-order valence-corrected chi connectivity index (χ4v) is 5.20. The van der Waals surface area contributed by atoms with Gasteiger partial charge in [-0.1, -0.05) is 24.3 Å². The number of nitrogens with one attached hydrogen (secondary N) is 2. The second-order valence-electron chi connectivity index (χ2n) is 11.5. The number of esters is 1. The molecule has 0 fully saturated rings. The number of nitrogens with zero attached hydrogens (tertiary/aromatic N) is 1. The number of imide groups is 1. The maximum Gasteiger partial charge on any atom is 0.337 e. The Bertz CT molecular complexity index is 2200. The van der Waals surface area contributed by atoms with Crippen LogP contribution in [0.3, 0.4) is 0 Å². The van der Waals surface area contributed by atoms with E-state index in [9.17, 15) is 24.0 Å². The van der Waals surface area contributed by atoms with Crippen molar-refractivity contribution in [2.24, 2.45) is 0 Å². The molecule has 1 aliphatic rings. The summed E-state index contributed by atoms with van der Waals surface area (Å²) >= 11 is 0. The molecule has 0 aliphatic carbocycles. The van der Waals surface area contributed by atoms with Gasteiger partial charge in [-0.15, -0.1) is 0 Å². The van der Waals surface area contributed by atoms with E-state index in [2.05, 4.69) is 10.6 Å². The summed E-state index contributed by atoms with van der Waals surface area (Å²) in [7, 11) is 1.28. The molecule has 51 heavy (non-hydrogen) atoms. The lowest BCUT2D eigenvalue weighted by Gasteiger charge is -2.15. The van der Waals surface area contributed by atoms with Gasteiger partial charge in [0.05, 0.1) is 18.4 Å². The minimum atomic E-state index is -0.536. The van der Waals surface area contributed by atoms with Gasteiger partial charge in [-0.3, -0.25) is 19.2 Å². The second-order valence-corrected chi connectivity index (χ2v) is 11.5. The number of ether oxygens (including phenoxy) is 3. The van der Waals surface area contributed by atoms with Gasteiger partial charge >= 0.3 is 5.97 Å². The molecule has 0 aromatic heterocycles. The van der Waals surface area contributed by atoms with Crippen molar-refractivity contribution in [3.63, 3.8) is 0 Å². The van der Waals surface area contributed by atoms with Crippen molar-refractivity contribution in [1.82, 2.24) is 0 Å². The standard InChI is InChI=1S/C40H31N3O8/c1-24-25(2)39(47)43(38(24)46)31-18-16-26(17-19-31)36(44)41-29-10-5-12-32(21-29)50-34-14-7-15-35(23-34)51-33-13-6-11-30(22-33)42-37(45)27-8-4-9-28(20-27)40(48)49-3/h4-23H,1-3H3,(H,41,44)(H,42,45). The van der Waals surface area contributed by atoms with E-state index in [4.69, 9.17) is 14.2 Å². The zero-order chi connectivity index (χ0) is 36.1. The Morgan fingerprint density at radius 1 is 0.529 bits per heavy atom. The molecule has 0 saturated carbocycles. The van der Waals surface area contributed by atoms with Crippen molar-refractivity contribution in [3.8, 4) is 23.0 Å². The van der Waals surface area contributed by atoms with Gasteiger partial charge in [-0.05, 0) is 92.7 Å². The Labute approximate surface area is 293 Å². The zero-order valence-electron chi connectivity index (χ0n) is 27.8. The Kier molecular flexibility index (Phi) is 9.71. The van der Waals surface area contributed by atoms with E-state index in [1.54, 1.807) is 129 Å². The summed E-state index contributed by atoms with van der Waals surface area (Å²) < 4.78 is 16.8. The number of anilines is 3. The van der Waals surface area contributed by atoms with Gasteiger partial charge in [0.2, 0.25) is 0 Å². The lowest BCUT2D eigenvalue weighted by atomic mass is 10.1. The van der Waals surface area contributed by atoms with Gasteiger partial charge in [0.25, 0.3) is 23.6 Å². The van der Waals surface area contributed by atoms with Crippen molar-refractivity contribution in [2.45, 2.75) is 13.8 Å². The molecule has 1 heterocycles. The number of methoxy groups -OCH3 is 1. The van der Waals surface area contributed by atoms with Crippen LogP contribution >= 0.6 is 0 Å². The molecule has 0 bridgehead atoms. The van der Waals surface area contributed by atoms with E-state index < -0.39 is 11.9 Å². The van der Waals surface area contributed by atoms with Crippen LogP contribution in [-0.4, -0.2) is 36.7 Å². The minimum absolute atomic E-state index is 0.267. The number of carbonyl (C=O) groups excluding carboxylic acids is 5. The Balaban J connectivity index is 1.07. The van der Waals surface area contributed by atoms with Crippen LogP contribution in [0.5, 0.6) is 23.0 Å². The second kappa shape index (κ2) is 14.6. The predicted molar refractivity (Wildman–Crippen MR) is 190 cm³/mol. The van der Waals surface area contributed by atoms with Gasteiger partial charge < -0.3 is 24.8 Å². The molecule has 11 heteroatoms. The summed E-state index contributed by atoms with van der Waals surface area (Å²) in [5.41, 5.74) is 3.07. The van der Waals surface area contributed by atoms with Crippen LogP contribution in [-0.2, 0) is 14.3 Å². The molecule has 254 valence electrons. The SMILES string of the molecule is COC(=O)c1cccc(C(=O)Nc2cccc(Oc3cccc(Oc4cccc(NC(=O)c5ccc(N6C(=O)C(C)=C(C)C6=O)cc5)c4)c3)c2)c1. The predicted octanol–water partition coefficient (Wildman–Crippen LogP) is 7.77. The van der Waals surface area contributed by atoms with E-state index in [0.29, 0.717) is 62.3 Å². The van der Waals surface area contributed by atoms with E-state index in [0.717, 1.165) is 4.90 Å². The quantitative estimate of drug-likeness (QED) is 0.113. The number of benzene rings is 5. The monoisotopic (exact) mass is 681 g/mol. The number of carbonyl (C=O) groups is 5. The highest BCUT2D eigenvalue weighted by Gasteiger charge is 2.34. The highest BCUT2D eigenvalue weighted by atomic mass is 16.5. The Morgan fingerprint density at radius 2 is 0.980 bits per heavy atom. The highest BCUT2D eigenvalue weighted by molar-refractivity contribution is 6.32. The van der Waals surface area contributed by atoms with Crippen LogP contribution in [0.15, 0.2) is 132 Å². The summed E-state index contributed by atoms with van der Waals surface area (Å²) in [6.45, 7) is 3.23. The average Bonchev–Trinajstić information content (AvgIpc) is 3.33. The highest BCUT2D eigenvalue weighted by Crippen LogP contribution is 2.31. The van der Waals surface area contributed by atoms with Gasteiger partial charge in [-0.25, -0.2) is 9.69 Å². The van der Waals surface area contributed by atoms with E-state index in [1.807, 2.05) is 0 Å². The molecule has 0 unspecified atom stereocenters. The molecule has 0 saturated heterocycles. The molecule has 5 aromatic carbocycles. The summed E-state index contributed by atoms with van der Waals surface area (Å²) in [5.74, 6) is -0.183. The molecule has 11 nitrogen and oxygen atoms in total. The number of hydrogen-bond acceptors (Lipinski definition) is 8. The maximum atomic E-state index is 13.0. The van der Waals surface area contributed by atoms with E-state index in [-0.39, 0.29) is 23.3 Å². The third-order valence-electron chi connectivity index (χ3n) is 8.00. The molecule has 5 aromatic rings. The van der Waals surface area contributed by atoms with Crippen molar-refractivity contribution in [2.75, 3.05) is 22.6 Å². The largest absolute Gasteiger partial charge is 0.465 e. The fraction of sp³-hybridized carbons (Fsp3) is 0.0750. The molecule has 6 rings (SSSR count). The summed E-state index contributed by atoms with van der Waals surface area (Å²) in [4.78, 5) is 63.8. The number of hydrogen-bond donors (Lipinski definition) is 2. The maximum absolute atomic E-state index is 13.0. The van der Waals surface area contributed by atoms with Crippen LogP contribution < -0.4 is 25.0 Å². The third kappa shape index (κ3) is 7.68. The summed E-state index contributed by atoms with van der Waals surface area (Å²) in [6, 6.07) is 33.2. The first-order valence-electron chi connectivity index (χ1n) is 15.7. The summed E-state index contributed by atoms with van der Waals surface area (Å²) in [6.07, 6.45) is 0. The first-order valence-corrected chi connectivity index (χ1v) is 15.7. The number of amides is 4. The molecular formula is C40H31N3O8. The van der Waals surface area contributed by atoms with Crippen LogP contribution in [0.25, 0.3) is 0 Å². The molecule has 0 radical (unpaired) electrons. The normalized spacial score (nSPS) is 12.4. The van der Waals surface area contributed by atoms with Crippen LogP contribution in [0.2, 0.25) is 0 Å². The van der Waals surface area contributed by atoms with Gasteiger partial charge in [0.15, 0.2) is 0 Å². The van der Waals surface area contributed by atoms with Crippen molar-refractivity contribution in [3.05, 3.63) is 149 Å². The van der Waals surface area contributed by atoms with E-state index in [1.165, 1.54) is 13.2 Å². The lowest BCUT2D eigenvalue weighted by molar-refractivity contribution is -0.120. The Hall–Kier alpha value is -7.01. The summed E-state index contributed by atoms with van der Waals surface area (Å²) in [5, 5.41) is 5.65. The van der Waals surface area contributed by atoms with Crippen LogP contribution in [0.1, 0.15) is 44.9 Å². The minimum Gasteiger partial charge on any atom is -0.465 e. The molecular weight excluding hydrogens is 650 g/mol. The first kappa shape index (κ1) is 33.9. The molecule has 2 N–H and O–H groups in total. The first-order chi connectivity index (χ1) is 24.6. The number of rotatable bonds is 10. The fourth-order valence-electron chi connectivity index (χ4n) is 5.20. The van der Waals surface area contributed by atoms with Crippen molar-refractivity contribution in [1.29, 1.82) is 0 Å².